The number of alkyl halides is 3. The molecule has 3 aromatic rings. The Morgan fingerprint density at radius 1 is 0.967 bits per heavy atom. The fourth-order valence-electron chi connectivity index (χ4n) is 2.91. The number of aromatic nitrogens is 2. The first kappa shape index (κ1) is 20.6. The van der Waals surface area contributed by atoms with Crippen molar-refractivity contribution in [2.45, 2.75) is 6.18 Å². The lowest BCUT2D eigenvalue weighted by Crippen LogP contribution is -2.24. The highest BCUT2D eigenvalue weighted by atomic mass is 19.4. The van der Waals surface area contributed by atoms with Gasteiger partial charge in [0.05, 0.1) is 11.3 Å². The lowest BCUT2D eigenvalue weighted by molar-refractivity contribution is -0.137. The molecule has 11 heteroatoms. The van der Waals surface area contributed by atoms with Gasteiger partial charge >= 0.3 is 18.1 Å². The first-order valence-electron chi connectivity index (χ1n) is 8.17. The summed E-state index contributed by atoms with van der Waals surface area (Å²) in [5, 5.41) is 18.8. The van der Waals surface area contributed by atoms with Gasteiger partial charge < -0.3 is 20.9 Å². The predicted molar refractivity (Wildman–Crippen MR) is 99.1 cm³/mol. The van der Waals surface area contributed by atoms with Gasteiger partial charge in [0.15, 0.2) is 0 Å². The van der Waals surface area contributed by atoms with E-state index >= 15 is 0 Å². The topological polar surface area (TPSA) is 146 Å². The van der Waals surface area contributed by atoms with Crippen molar-refractivity contribution in [3.8, 4) is 22.4 Å². The van der Waals surface area contributed by atoms with Gasteiger partial charge in [0.25, 0.3) is 5.56 Å². The summed E-state index contributed by atoms with van der Waals surface area (Å²) in [6, 6.07) is 6.84. The number of benzene rings is 1. The second-order valence-electron chi connectivity index (χ2n) is 6.11. The molecular formula is C19H12F3N3O5. The van der Waals surface area contributed by atoms with Crippen LogP contribution in [-0.2, 0) is 6.18 Å². The normalized spacial score (nSPS) is 11.3. The largest absolute Gasteiger partial charge is 0.478 e. The zero-order chi connectivity index (χ0) is 22.2. The first-order valence-corrected chi connectivity index (χ1v) is 8.17. The van der Waals surface area contributed by atoms with E-state index in [4.69, 9.17) is 5.73 Å². The second kappa shape index (κ2) is 7.35. The number of nitrogen functional groups attached to an aromatic ring is 1. The number of aromatic carboxylic acids is 2. The zero-order valence-corrected chi connectivity index (χ0v) is 14.8. The number of pyridine rings is 2. The molecule has 1 aromatic carbocycles. The Morgan fingerprint density at radius 2 is 1.53 bits per heavy atom. The number of hydrogen-bond donors (Lipinski definition) is 4. The van der Waals surface area contributed by atoms with E-state index < -0.39 is 51.7 Å². The summed E-state index contributed by atoms with van der Waals surface area (Å²) in [5.74, 6) is -3.77. The van der Waals surface area contributed by atoms with E-state index in [-0.39, 0.29) is 16.8 Å². The van der Waals surface area contributed by atoms with E-state index in [1.807, 2.05) is 4.98 Å². The summed E-state index contributed by atoms with van der Waals surface area (Å²) in [4.78, 5) is 41.1. The maximum absolute atomic E-state index is 12.9. The fraction of sp³-hybridized carbons (Fsp3) is 0.0526. The van der Waals surface area contributed by atoms with Crippen molar-refractivity contribution in [2.75, 3.05) is 5.73 Å². The molecule has 8 nitrogen and oxygen atoms in total. The number of nitrogens with one attached hydrogen (secondary N) is 1. The average Bonchev–Trinajstić information content (AvgIpc) is 2.66. The van der Waals surface area contributed by atoms with E-state index in [1.165, 1.54) is 24.3 Å². The Kier molecular flexibility index (Phi) is 5.04. The zero-order valence-electron chi connectivity index (χ0n) is 14.8. The number of carbonyl (C=O) groups is 2. The van der Waals surface area contributed by atoms with Crippen molar-refractivity contribution < 1.29 is 33.0 Å². The van der Waals surface area contributed by atoms with Gasteiger partial charge in [0, 0.05) is 17.3 Å². The van der Waals surface area contributed by atoms with Gasteiger partial charge in [-0.3, -0.25) is 9.78 Å². The third-order valence-electron chi connectivity index (χ3n) is 4.23. The van der Waals surface area contributed by atoms with Crippen LogP contribution in [0, 0.1) is 0 Å². The van der Waals surface area contributed by atoms with E-state index in [0.29, 0.717) is 0 Å². The van der Waals surface area contributed by atoms with Crippen LogP contribution in [0.1, 0.15) is 26.3 Å². The van der Waals surface area contributed by atoms with Gasteiger partial charge in [-0.25, -0.2) is 9.59 Å². The first-order chi connectivity index (χ1) is 14.0. The maximum Gasteiger partial charge on any atom is 0.416 e. The van der Waals surface area contributed by atoms with Crippen LogP contribution in [-0.4, -0.2) is 32.1 Å². The number of nitrogens with zero attached hydrogens (tertiary/aromatic N) is 1. The monoisotopic (exact) mass is 419 g/mol. The fourth-order valence-corrected chi connectivity index (χ4v) is 2.91. The van der Waals surface area contributed by atoms with Gasteiger partial charge in [0.2, 0.25) is 0 Å². The van der Waals surface area contributed by atoms with Crippen molar-refractivity contribution >= 4 is 17.8 Å². The van der Waals surface area contributed by atoms with Gasteiger partial charge in [-0.1, -0.05) is 24.3 Å². The molecule has 3 rings (SSSR count). The predicted octanol–water partition coefficient (Wildman–Crippen LogP) is 3.10. The summed E-state index contributed by atoms with van der Waals surface area (Å²) in [6.07, 6.45) is -3.57. The summed E-state index contributed by atoms with van der Waals surface area (Å²) in [6.45, 7) is 0. The lowest BCUT2D eigenvalue weighted by Gasteiger charge is -2.13. The highest BCUT2D eigenvalue weighted by Crippen LogP contribution is 2.33. The molecule has 0 aliphatic heterocycles. The number of anilines is 1. The molecule has 5 N–H and O–H groups in total. The molecule has 0 saturated carbocycles. The molecule has 0 unspecified atom stereocenters. The van der Waals surface area contributed by atoms with Crippen LogP contribution >= 0.6 is 0 Å². The molecule has 0 spiro atoms. The van der Waals surface area contributed by atoms with E-state index in [0.717, 1.165) is 18.3 Å². The number of nitrogens with two attached hydrogens (primary N) is 1. The molecule has 0 radical (unpaired) electrons. The Bertz CT molecular complexity index is 1220. The molecule has 0 amide bonds. The summed E-state index contributed by atoms with van der Waals surface area (Å²) < 4.78 is 38.7. The molecule has 0 fully saturated rings. The molecule has 154 valence electrons. The van der Waals surface area contributed by atoms with Crippen molar-refractivity contribution in [1.29, 1.82) is 0 Å². The molecule has 0 atom stereocenters. The van der Waals surface area contributed by atoms with E-state index in [9.17, 15) is 37.8 Å². The van der Waals surface area contributed by atoms with Crippen molar-refractivity contribution in [3.63, 3.8) is 0 Å². The van der Waals surface area contributed by atoms with Crippen LogP contribution in [0.25, 0.3) is 22.4 Å². The maximum atomic E-state index is 12.9. The average molecular weight is 419 g/mol. The quantitative estimate of drug-likeness (QED) is 0.508. The molecule has 0 aliphatic carbocycles. The minimum atomic E-state index is -4.56. The van der Waals surface area contributed by atoms with Crippen LogP contribution in [0.4, 0.5) is 19.0 Å². The van der Waals surface area contributed by atoms with Crippen LogP contribution in [0.3, 0.4) is 0 Å². The number of hydrogen-bond acceptors (Lipinski definition) is 5. The third-order valence-corrected chi connectivity index (χ3v) is 4.23. The molecule has 0 aliphatic rings. The molecule has 0 saturated heterocycles. The van der Waals surface area contributed by atoms with Gasteiger partial charge in [-0.05, 0) is 17.7 Å². The lowest BCUT2D eigenvalue weighted by atomic mass is 9.94. The molecule has 2 heterocycles. The van der Waals surface area contributed by atoms with Crippen LogP contribution in [0.5, 0.6) is 0 Å². The third kappa shape index (κ3) is 3.72. The van der Waals surface area contributed by atoms with E-state index in [1.54, 1.807) is 0 Å². The molecular weight excluding hydrogens is 407 g/mol. The number of aromatic amines is 1. The van der Waals surface area contributed by atoms with Gasteiger partial charge in [-0.15, -0.1) is 0 Å². The number of H-pyrrole nitrogens is 1. The highest BCUT2D eigenvalue weighted by Gasteiger charge is 2.31. The smallest absolute Gasteiger partial charge is 0.416 e. The number of carboxylic acids is 2. The molecule has 2 aromatic heterocycles. The van der Waals surface area contributed by atoms with Crippen molar-refractivity contribution in [2.24, 2.45) is 0 Å². The molecule has 30 heavy (non-hydrogen) atoms. The van der Waals surface area contributed by atoms with Crippen molar-refractivity contribution in [3.05, 3.63) is 69.6 Å². The minimum absolute atomic E-state index is 0.00119. The Hall–Kier alpha value is -4.15. The standard InChI is InChI=1S/C19H12F3N3O5/c20-19(21,22)10-5-6-24-11(7-10)8-1-3-9(4-2-8)12-13(17(27)28)15(23)25-16(26)14(12)18(29)30/h1-7H,(H,27,28)(H,29,30)(H3,23,25,26). The van der Waals surface area contributed by atoms with Crippen LogP contribution < -0.4 is 11.3 Å². The number of rotatable bonds is 4. The second-order valence-corrected chi connectivity index (χ2v) is 6.11. The van der Waals surface area contributed by atoms with Crippen LogP contribution in [0.15, 0.2) is 47.4 Å². The highest BCUT2D eigenvalue weighted by molar-refractivity contribution is 6.07. The number of halogens is 3. The summed E-state index contributed by atoms with van der Waals surface area (Å²) >= 11 is 0. The van der Waals surface area contributed by atoms with E-state index in [2.05, 4.69) is 4.98 Å². The minimum Gasteiger partial charge on any atom is -0.478 e. The summed E-state index contributed by atoms with van der Waals surface area (Å²) in [7, 11) is 0. The van der Waals surface area contributed by atoms with Gasteiger partial charge in [0.1, 0.15) is 16.9 Å². The summed E-state index contributed by atoms with van der Waals surface area (Å²) in [5.41, 5.74) is 1.99. The Morgan fingerprint density at radius 3 is 2.07 bits per heavy atom. The van der Waals surface area contributed by atoms with Crippen molar-refractivity contribution in [1.82, 2.24) is 9.97 Å². The Balaban J connectivity index is 2.18. The van der Waals surface area contributed by atoms with Crippen LogP contribution in [0.2, 0.25) is 0 Å². The SMILES string of the molecule is Nc1[nH]c(=O)c(C(=O)O)c(-c2ccc(-c3cc(C(F)(F)F)ccn3)cc2)c1C(=O)O. The van der Waals surface area contributed by atoms with Gasteiger partial charge in [-0.2, -0.15) is 13.2 Å². The Labute approximate surface area is 165 Å². The molecule has 0 bridgehead atoms. The number of carboxylic acid groups (broad SMARTS) is 2.